The number of hydrogen-bond donors (Lipinski definition) is 1. The number of carbonyl (C=O) groups is 2. The molecule has 0 unspecified atom stereocenters. The van der Waals surface area contributed by atoms with E-state index in [4.69, 9.17) is 16.3 Å². The first kappa shape index (κ1) is 17.0. The third kappa shape index (κ3) is 4.53. The van der Waals surface area contributed by atoms with Crippen molar-refractivity contribution in [3.8, 4) is 0 Å². The molecule has 0 spiro atoms. The maximum atomic E-state index is 13.0. The van der Waals surface area contributed by atoms with Crippen LogP contribution in [0.1, 0.15) is 22.8 Å². The van der Waals surface area contributed by atoms with E-state index in [9.17, 15) is 14.0 Å². The number of para-hydroxylation sites is 1. The molecule has 120 valence electrons. The molecule has 0 bridgehead atoms. The first-order valence-electron chi connectivity index (χ1n) is 7.01. The number of amides is 1. The third-order valence-corrected chi connectivity index (χ3v) is 3.45. The standard InChI is InChI=1S/C17H15ClFNO3/c1-2-11-5-3-4-6-15(11)20-16(21)10-23-17(22)12-7-8-14(19)13(18)9-12/h3-9H,2,10H2,1H3,(H,20,21). The lowest BCUT2D eigenvalue weighted by molar-refractivity contribution is -0.119. The molecule has 0 atom stereocenters. The molecule has 2 aromatic carbocycles. The number of esters is 1. The summed E-state index contributed by atoms with van der Waals surface area (Å²) in [6.07, 6.45) is 0.768. The molecule has 0 radical (unpaired) electrons. The average molecular weight is 336 g/mol. The van der Waals surface area contributed by atoms with Crippen LogP contribution in [0.4, 0.5) is 10.1 Å². The van der Waals surface area contributed by atoms with Gasteiger partial charge in [-0.3, -0.25) is 4.79 Å². The van der Waals surface area contributed by atoms with Crippen LogP contribution in [0.3, 0.4) is 0 Å². The molecule has 0 aliphatic heterocycles. The van der Waals surface area contributed by atoms with Crippen LogP contribution in [0.2, 0.25) is 5.02 Å². The second-order valence-corrected chi connectivity index (χ2v) is 5.17. The lowest BCUT2D eigenvalue weighted by Crippen LogP contribution is -2.21. The maximum Gasteiger partial charge on any atom is 0.338 e. The predicted octanol–water partition coefficient (Wildman–Crippen LogP) is 3.84. The fourth-order valence-corrected chi connectivity index (χ4v) is 2.15. The van der Waals surface area contributed by atoms with Crippen LogP contribution in [0, 0.1) is 5.82 Å². The van der Waals surface area contributed by atoms with E-state index < -0.39 is 24.3 Å². The molecule has 6 heteroatoms. The zero-order valence-corrected chi connectivity index (χ0v) is 13.2. The van der Waals surface area contributed by atoms with E-state index in [1.807, 2.05) is 19.1 Å². The fraction of sp³-hybridized carbons (Fsp3) is 0.176. The number of benzene rings is 2. The highest BCUT2D eigenvalue weighted by atomic mass is 35.5. The zero-order chi connectivity index (χ0) is 16.8. The van der Waals surface area contributed by atoms with E-state index in [1.54, 1.807) is 12.1 Å². The smallest absolute Gasteiger partial charge is 0.338 e. The zero-order valence-electron chi connectivity index (χ0n) is 12.4. The lowest BCUT2D eigenvalue weighted by atomic mass is 10.1. The van der Waals surface area contributed by atoms with Crippen molar-refractivity contribution in [1.29, 1.82) is 0 Å². The SMILES string of the molecule is CCc1ccccc1NC(=O)COC(=O)c1ccc(F)c(Cl)c1. The quantitative estimate of drug-likeness (QED) is 0.845. The van der Waals surface area contributed by atoms with Crippen molar-refractivity contribution in [1.82, 2.24) is 0 Å². The molecule has 2 aromatic rings. The predicted molar refractivity (Wildman–Crippen MR) is 86.1 cm³/mol. The van der Waals surface area contributed by atoms with E-state index in [0.717, 1.165) is 24.1 Å². The van der Waals surface area contributed by atoms with Gasteiger partial charge in [-0.15, -0.1) is 0 Å². The van der Waals surface area contributed by atoms with Crippen LogP contribution in [0.15, 0.2) is 42.5 Å². The third-order valence-electron chi connectivity index (χ3n) is 3.16. The number of rotatable bonds is 5. The molecule has 0 saturated heterocycles. The Morgan fingerprint density at radius 3 is 2.65 bits per heavy atom. The van der Waals surface area contributed by atoms with Crippen molar-refractivity contribution in [3.63, 3.8) is 0 Å². The molecule has 0 aliphatic rings. The van der Waals surface area contributed by atoms with Gasteiger partial charge in [-0.2, -0.15) is 0 Å². The summed E-state index contributed by atoms with van der Waals surface area (Å²) in [4.78, 5) is 23.7. The normalized spacial score (nSPS) is 10.2. The molecule has 2 rings (SSSR count). The maximum absolute atomic E-state index is 13.0. The Labute approximate surface area is 138 Å². The van der Waals surface area contributed by atoms with Crippen molar-refractivity contribution in [2.24, 2.45) is 0 Å². The van der Waals surface area contributed by atoms with E-state index in [1.165, 1.54) is 6.07 Å². The second kappa shape index (κ2) is 7.74. The Bertz CT molecular complexity index is 734. The molecule has 4 nitrogen and oxygen atoms in total. The van der Waals surface area contributed by atoms with Crippen molar-refractivity contribution >= 4 is 29.2 Å². The summed E-state index contributed by atoms with van der Waals surface area (Å²) in [5, 5.41) is 2.51. The highest BCUT2D eigenvalue weighted by Crippen LogP contribution is 2.17. The van der Waals surface area contributed by atoms with Gasteiger partial charge in [-0.05, 0) is 36.2 Å². The monoisotopic (exact) mass is 335 g/mol. The first-order valence-corrected chi connectivity index (χ1v) is 7.39. The van der Waals surface area contributed by atoms with Crippen molar-refractivity contribution < 1.29 is 18.7 Å². The molecule has 23 heavy (non-hydrogen) atoms. The molecule has 0 aliphatic carbocycles. The highest BCUT2D eigenvalue weighted by Gasteiger charge is 2.13. The second-order valence-electron chi connectivity index (χ2n) is 4.76. The Balaban J connectivity index is 1.93. The van der Waals surface area contributed by atoms with Crippen LogP contribution in [-0.4, -0.2) is 18.5 Å². The Hall–Kier alpha value is -2.40. The summed E-state index contributed by atoms with van der Waals surface area (Å²) in [7, 11) is 0. The van der Waals surface area contributed by atoms with E-state index in [0.29, 0.717) is 5.69 Å². The minimum Gasteiger partial charge on any atom is -0.452 e. The van der Waals surface area contributed by atoms with Crippen molar-refractivity contribution in [2.75, 3.05) is 11.9 Å². The molecule has 1 amide bonds. The van der Waals surface area contributed by atoms with Crippen LogP contribution in [0.25, 0.3) is 0 Å². The summed E-state index contributed by atoms with van der Waals surface area (Å²) in [6, 6.07) is 10.8. The first-order chi connectivity index (χ1) is 11.0. The largest absolute Gasteiger partial charge is 0.452 e. The van der Waals surface area contributed by atoms with Crippen molar-refractivity contribution in [3.05, 3.63) is 64.4 Å². The minimum atomic E-state index is -0.745. The number of anilines is 1. The van der Waals surface area contributed by atoms with E-state index in [2.05, 4.69) is 5.32 Å². The van der Waals surface area contributed by atoms with Gasteiger partial charge in [0.05, 0.1) is 10.6 Å². The van der Waals surface area contributed by atoms with Gasteiger partial charge in [0.1, 0.15) is 5.82 Å². The Morgan fingerprint density at radius 1 is 1.22 bits per heavy atom. The number of aryl methyl sites for hydroxylation is 1. The van der Waals surface area contributed by atoms with E-state index in [-0.39, 0.29) is 10.6 Å². The van der Waals surface area contributed by atoms with Gasteiger partial charge in [0.15, 0.2) is 6.61 Å². The van der Waals surface area contributed by atoms with Gasteiger partial charge in [0, 0.05) is 5.69 Å². The summed E-state index contributed by atoms with van der Waals surface area (Å²) >= 11 is 5.60. The van der Waals surface area contributed by atoms with Gasteiger partial charge in [0.2, 0.25) is 0 Å². The summed E-state index contributed by atoms with van der Waals surface area (Å²) in [5.41, 5.74) is 1.75. The Kier molecular flexibility index (Phi) is 5.71. The van der Waals surface area contributed by atoms with Gasteiger partial charge in [-0.1, -0.05) is 36.7 Å². The molecular weight excluding hydrogens is 321 g/mol. The number of nitrogens with one attached hydrogen (secondary N) is 1. The molecule has 0 saturated carbocycles. The molecule has 0 heterocycles. The van der Waals surface area contributed by atoms with E-state index >= 15 is 0 Å². The molecule has 1 N–H and O–H groups in total. The van der Waals surface area contributed by atoms with Gasteiger partial charge < -0.3 is 10.1 Å². The Morgan fingerprint density at radius 2 is 1.96 bits per heavy atom. The fourth-order valence-electron chi connectivity index (χ4n) is 1.97. The lowest BCUT2D eigenvalue weighted by Gasteiger charge is -2.10. The van der Waals surface area contributed by atoms with Crippen LogP contribution in [0.5, 0.6) is 0 Å². The number of ether oxygens (including phenoxy) is 1. The van der Waals surface area contributed by atoms with Crippen LogP contribution in [-0.2, 0) is 16.0 Å². The average Bonchev–Trinajstić information content (AvgIpc) is 2.55. The summed E-state index contributed by atoms with van der Waals surface area (Å²) < 4.78 is 17.9. The van der Waals surface area contributed by atoms with Gasteiger partial charge >= 0.3 is 5.97 Å². The summed E-state index contributed by atoms with van der Waals surface area (Å²) in [6.45, 7) is 1.54. The molecular formula is C17H15ClFNO3. The van der Waals surface area contributed by atoms with Gasteiger partial charge in [0.25, 0.3) is 5.91 Å². The minimum absolute atomic E-state index is 0.0816. The highest BCUT2D eigenvalue weighted by molar-refractivity contribution is 6.31. The number of carbonyl (C=O) groups excluding carboxylic acids is 2. The van der Waals surface area contributed by atoms with Gasteiger partial charge in [-0.25, -0.2) is 9.18 Å². The summed E-state index contributed by atoms with van der Waals surface area (Å²) in [5.74, 6) is -1.82. The number of halogens is 2. The van der Waals surface area contributed by atoms with Crippen molar-refractivity contribution in [2.45, 2.75) is 13.3 Å². The number of hydrogen-bond acceptors (Lipinski definition) is 3. The molecule has 0 fully saturated rings. The van der Waals surface area contributed by atoms with Crippen LogP contribution >= 0.6 is 11.6 Å². The topological polar surface area (TPSA) is 55.4 Å². The van der Waals surface area contributed by atoms with Crippen LogP contribution < -0.4 is 5.32 Å². The molecule has 0 aromatic heterocycles.